The number of halogens is 2. The van der Waals surface area contributed by atoms with Crippen molar-refractivity contribution in [3.63, 3.8) is 0 Å². The second-order valence-corrected chi connectivity index (χ2v) is 3.89. The first kappa shape index (κ1) is 12.9. The molecule has 88 valence electrons. The average Bonchev–Trinajstić information content (AvgIpc) is 2.24. The van der Waals surface area contributed by atoms with Crippen molar-refractivity contribution in [3.05, 3.63) is 34.1 Å². The summed E-state index contributed by atoms with van der Waals surface area (Å²) in [6, 6.07) is 2.33. The topological polar surface area (TPSA) is 52.3 Å². The van der Waals surface area contributed by atoms with Crippen molar-refractivity contribution in [1.29, 1.82) is 0 Å². The summed E-state index contributed by atoms with van der Waals surface area (Å²) < 4.78 is 18.2. The molecule has 0 aliphatic carbocycles. The second kappa shape index (κ2) is 5.27. The Morgan fingerprint density at radius 3 is 2.81 bits per heavy atom. The molecule has 0 fully saturated rings. The van der Waals surface area contributed by atoms with E-state index >= 15 is 0 Å². The summed E-state index contributed by atoms with van der Waals surface area (Å²) in [7, 11) is 1.25. The molecule has 0 radical (unpaired) electrons. The minimum absolute atomic E-state index is 0.101. The van der Waals surface area contributed by atoms with Crippen molar-refractivity contribution in [2.75, 3.05) is 7.11 Å². The molecule has 0 aromatic heterocycles. The Balaban J connectivity index is 3.03. The first-order valence-electron chi connectivity index (χ1n) is 4.74. The van der Waals surface area contributed by atoms with E-state index in [4.69, 9.17) is 17.3 Å². The number of esters is 1. The van der Waals surface area contributed by atoms with Crippen molar-refractivity contribution in [2.45, 2.75) is 19.4 Å². The molecule has 0 aliphatic rings. The average molecular weight is 246 g/mol. The molecule has 0 spiro atoms. The maximum Gasteiger partial charge on any atom is 0.307 e. The Labute approximate surface area is 98.3 Å². The highest BCUT2D eigenvalue weighted by Crippen LogP contribution is 2.28. The number of carbonyl (C=O) groups excluding carboxylic acids is 1. The number of hydrogen-bond acceptors (Lipinski definition) is 3. The van der Waals surface area contributed by atoms with Gasteiger partial charge in [-0.05, 0) is 18.6 Å². The Bertz CT molecular complexity index is 409. The molecule has 1 aromatic carbocycles. The quantitative estimate of drug-likeness (QED) is 0.832. The van der Waals surface area contributed by atoms with Crippen LogP contribution in [0, 0.1) is 12.7 Å². The van der Waals surface area contributed by atoms with Crippen molar-refractivity contribution in [2.24, 2.45) is 5.73 Å². The number of ether oxygens (including phenoxy) is 1. The highest BCUT2D eigenvalue weighted by molar-refractivity contribution is 6.31. The van der Waals surface area contributed by atoms with Crippen LogP contribution in [0.15, 0.2) is 12.1 Å². The Kier molecular flexibility index (Phi) is 4.26. The van der Waals surface area contributed by atoms with E-state index in [9.17, 15) is 9.18 Å². The van der Waals surface area contributed by atoms with E-state index in [1.54, 1.807) is 19.1 Å². The molecule has 1 rings (SSSR count). The summed E-state index contributed by atoms with van der Waals surface area (Å²) in [5.41, 5.74) is 6.32. The van der Waals surface area contributed by atoms with Gasteiger partial charge < -0.3 is 10.5 Å². The van der Waals surface area contributed by atoms with Gasteiger partial charge in [-0.25, -0.2) is 4.39 Å². The van der Waals surface area contributed by atoms with Crippen molar-refractivity contribution >= 4 is 17.6 Å². The number of methoxy groups -OCH3 is 1. The third-order valence-electron chi connectivity index (χ3n) is 2.30. The van der Waals surface area contributed by atoms with Crippen LogP contribution in [0.5, 0.6) is 0 Å². The highest BCUT2D eigenvalue weighted by Gasteiger charge is 2.20. The van der Waals surface area contributed by atoms with Crippen molar-refractivity contribution < 1.29 is 13.9 Å². The van der Waals surface area contributed by atoms with Gasteiger partial charge in [-0.3, -0.25) is 4.79 Å². The molecule has 3 nitrogen and oxygen atoms in total. The van der Waals surface area contributed by atoms with Crippen LogP contribution in [-0.2, 0) is 9.53 Å². The zero-order valence-corrected chi connectivity index (χ0v) is 9.84. The smallest absolute Gasteiger partial charge is 0.307 e. The number of hydrogen-bond donors (Lipinski definition) is 1. The molecule has 0 amide bonds. The number of benzene rings is 1. The molecular weight excluding hydrogens is 233 g/mol. The molecule has 0 aliphatic heterocycles. The lowest BCUT2D eigenvalue weighted by Crippen LogP contribution is -2.18. The zero-order chi connectivity index (χ0) is 12.3. The number of nitrogens with two attached hydrogens (primary N) is 1. The summed E-state index contributed by atoms with van der Waals surface area (Å²) in [6.07, 6.45) is -0.101. The van der Waals surface area contributed by atoms with E-state index in [1.165, 1.54) is 7.11 Å². The molecular formula is C11H13ClFNO2. The molecule has 0 heterocycles. The fourth-order valence-electron chi connectivity index (χ4n) is 1.38. The standard InChI is InChI=1S/C11H13ClFNO2/c1-6-3-4-7(12)10(11(6)13)8(14)5-9(15)16-2/h3-4,8H,5,14H2,1-2H3/t8-/m0/s1. The minimum atomic E-state index is -0.792. The monoisotopic (exact) mass is 245 g/mol. The maximum atomic E-state index is 13.8. The van der Waals surface area contributed by atoms with E-state index in [0.717, 1.165) is 0 Å². The lowest BCUT2D eigenvalue weighted by molar-refractivity contribution is -0.141. The number of rotatable bonds is 3. The first-order chi connectivity index (χ1) is 7.47. The third kappa shape index (κ3) is 2.71. The second-order valence-electron chi connectivity index (χ2n) is 3.48. The molecule has 1 aromatic rings. The molecule has 5 heteroatoms. The fraction of sp³-hybridized carbons (Fsp3) is 0.364. The molecule has 0 bridgehead atoms. The van der Waals surface area contributed by atoms with E-state index in [2.05, 4.69) is 4.74 Å². The normalized spacial score (nSPS) is 12.3. The van der Waals surface area contributed by atoms with Crippen LogP contribution >= 0.6 is 11.6 Å². The van der Waals surface area contributed by atoms with Crippen LogP contribution in [0.4, 0.5) is 4.39 Å². The molecule has 0 saturated heterocycles. The van der Waals surface area contributed by atoms with Crippen molar-refractivity contribution in [3.8, 4) is 0 Å². The third-order valence-corrected chi connectivity index (χ3v) is 2.63. The van der Waals surface area contributed by atoms with E-state index in [1.807, 2.05) is 0 Å². The van der Waals surface area contributed by atoms with Gasteiger partial charge in [0.2, 0.25) is 0 Å². The van der Waals surface area contributed by atoms with Crippen LogP contribution < -0.4 is 5.73 Å². The largest absolute Gasteiger partial charge is 0.469 e. The van der Waals surface area contributed by atoms with E-state index < -0.39 is 17.8 Å². The molecule has 0 unspecified atom stereocenters. The first-order valence-corrected chi connectivity index (χ1v) is 5.12. The summed E-state index contributed by atoms with van der Waals surface area (Å²) in [4.78, 5) is 11.0. The predicted octanol–water partition coefficient (Wildman–Crippen LogP) is 2.35. The van der Waals surface area contributed by atoms with Gasteiger partial charge in [-0.15, -0.1) is 0 Å². The van der Waals surface area contributed by atoms with E-state index in [0.29, 0.717) is 5.56 Å². The summed E-state index contributed by atoms with van der Waals surface area (Å²) in [6.45, 7) is 1.61. The Hall–Kier alpha value is -1.13. The minimum Gasteiger partial charge on any atom is -0.469 e. The van der Waals surface area contributed by atoms with Crippen LogP contribution in [0.1, 0.15) is 23.6 Å². The van der Waals surface area contributed by atoms with Gasteiger partial charge >= 0.3 is 5.97 Å². The fourth-order valence-corrected chi connectivity index (χ4v) is 1.67. The maximum absolute atomic E-state index is 13.8. The van der Waals surface area contributed by atoms with Gasteiger partial charge in [0, 0.05) is 16.6 Å². The van der Waals surface area contributed by atoms with Crippen LogP contribution in [0.25, 0.3) is 0 Å². The zero-order valence-electron chi connectivity index (χ0n) is 9.09. The van der Waals surface area contributed by atoms with Gasteiger partial charge in [0.1, 0.15) is 5.82 Å². The molecule has 0 saturated carbocycles. The summed E-state index contributed by atoms with van der Waals surface area (Å²) >= 11 is 5.85. The number of carbonyl (C=O) groups is 1. The Morgan fingerprint density at radius 1 is 1.62 bits per heavy atom. The lowest BCUT2D eigenvalue weighted by Gasteiger charge is -2.14. The Morgan fingerprint density at radius 2 is 2.25 bits per heavy atom. The van der Waals surface area contributed by atoms with E-state index in [-0.39, 0.29) is 17.0 Å². The molecule has 1 atom stereocenters. The summed E-state index contributed by atoms with van der Waals surface area (Å²) in [5, 5.41) is 0.222. The van der Waals surface area contributed by atoms with Crippen LogP contribution in [0.2, 0.25) is 5.02 Å². The van der Waals surface area contributed by atoms with Crippen LogP contribution in [0.3, 0.4) is 0 Å². The SMILES string of the molecule is COC(=O)C[C@H](N)c1c(Cl)ccc(C)c1F. The van der Waals surface area contributed by atoms with Gasteiger partial charge in [0.25, 0.3) is 0 Å². The van der Waals surface area contributed by atoms with Gasteiger partial charge in [0.05, 0.1) is 13.5 Å². The molecule has 2 N–H and O–H groups in total. The van der Waals surface area contributed by atoms with Gasteiger partial charge in [-0.1, -0.05) is 17.7 Å². The summed E-state index contributed by atoms with van der Waals surface area (Å²) in [5.74, 6) is -0.964. The van der Waals surface area contributed by atoms with Crippen molar-refractivity contribution in [1.82, 2.24) is 0 Å². The molecule has 16 heavy (non-hydrogen) atoms. The van der Waals surface area contributed by atoms with Gasteiger partial charge in [0.15, 0.2) is 0 Å². The van der Waals surface area contributed by atoms with Crippen LogP contribution in [-0.4, -0.2) is 13.1 Å². The van der Waals surface area contributed by atoms with Gasteiger partial charge in [-0.2, -0.15) is 0 Å². The highest BCUT2D eigenvalue weighted by atomic mass is 35.5. The lowest BCUT2D eigenvalue weighted by atomic mass is 10.0. The number of aryl methyl sites for hydroxylation is 1. The predicted molar refractivity (Wildman–Crippen MR) is 59.7 cm³/mol.